The third-order valence-corrected chi connectivity index (χ3v) is 4.71. The van der Waals surface area contributed by atoms with Gasteiger partial charge in [0.25, 0.3) is 23.6 Å². The molecule has 2 fully saturated rings. The minimum atomic E-state index is -0.563. The van der Waals surface area contributed by atoms with Crippen LogP contribution in [0.2, 0.25) is 0 Å². The lowest BCUT2D eigenvalue weighted by molar-refractivity contribution is -0.201. The Balaban J connectivity index is 0.00000117. The van der Waals surface area contributed by atoms with Gasteiger partial charge < -0.3 is 4.84 Å². The zero-order chi connectivity index (χ0) is 19.3. The van der Waals surface area contributed by atoms with E-state index in [1.807, 2.05) is 13.8 Å². The highest BCUT2D eigenvalue weighted by atomic mass is 16.7. The Morgan fingerprint density at radius 2 is 1.46 bits per heavy atom. The van der Waals surface area contributed by atoms with Gasteiger partial charge in [0, 0.05) is 31.5 Å². The van der Waals surface area contributed by atoms with Crippen molar-refractivity contribution in [2.24, 2.45) is 11.8 Å². The summed E-state index contributed by atoms with van der Waals surface area (Å²) in [7, 11) is 0. The molecule has 0 aromatic rings. The lowest BCUT2D eigenvalue weighted by Crippen LogP contribution is -2.38. The summed E-state index contributed by atoms with van der Waals surface area (Å²) >= 11 is 0. The molecule has 0 atom stereocenters. The van der Waals surface area contributed by atoms with Crippen LogP contribution in [-0.2, 0) is 28.8 Å². The van der Waals surface area contributed by atoms with E-state index in [1.54, 1.807) is 0 Å². The number of carbonyl (C=O) groups is 5. The summed E-state index contributed by atoms with van der Waals surface area (Å²) < 4.78 is 0. The van der Waals surface area contributed by atoms with Crippen molar-refractivity contribution in [1.82, 2.24) is 9.96 Å². The smallest absolute Gasteiger partial charge is 0.330 e. The quantitative estimate of drug-likeness (QED) is 0.698. The fourth-order valence-electron chi connectivity index (χ4n) is 3.27. The number of imide groups is 2. The molecule has 3 aliphatic rings. The number of hydrogen-bond acceptors (Lipinski definition) is 6. The highest BCUT2D eigenvalue weighted by molar-refractivity contribution is 6.12. The maximum atomic E-state index is 12.1. The van der Waals surface area contributed by atoms with E-state index in [2.05, 4.69) is 0 Å². The van der Waals surface area contributed by atoms with Gasteiger partial charge in [-0.1, -0.05) is 13.8 Å². The minimum Gasteiger partial charge on any atom is -0.330 e. The standard InChI is InChI=1S/C16H18N2O6.C2H6/c19-12-5-6-13(20)17(12)9-10-1-3-11(4-2-10)16(23)24-18-14(21)7-8-15(18)22;1-2/h5-6,10-11H,1-4,7-9H2;1-2H3. The van der Waals surface area contributed by atoms with Gasteiger partial charge in [-0.25, -0.2) is 4.79 Å². The van der Waals surface area contributed by atoms with Crippen LogP contribution in [0.3, 0.4) is 0 Å². The summed E-state index contributed by atoms with van der Waals surface area (Å²) in [4.78, 5) is 64.3. The average molecular weight is 364 g/mol. The Morgan fingerprint density at radius 3 is 1.96 bits per heavy atom. The van der Waals surface area contributed by atoms with Crippen LogP contribution in [0.5, 0.6) is 0 Å². The topological polar surface area (TPSA) is 101 Å². The number of rotatable bonds is 4. The van der Waals surface area contributed by atoms with E-state index in [9.17, 15) is 24.0 Å². The molecular weight excluding hydrogens is 340 g/mol. The molecule has 142 valence electrons. The zero-order valence-corrected chi connectivity index (χ0v) is 15.1. The molecule has 2 heterocycles. The molecule has 3 rings (SSSR count). The van der Waals surface area contributed by atoms with E-state index in [4.69, 9.17) is 4.84 Å². The van der Waals surface area contributed by atoms with Crippen molar-refractivity contribution in [1.29, 1.82) is 0 Å². The predicted molar refractivity (Wildman–Crippen MR) is 89.8 cm³/mol. The molecule has 1 saturated carbocycles. The third kappa shape index (κ3) is 4.36. The molecule has 1 aliphatic carbocycles. The summed E-state index contributed by atoms with van der Waals surface area (Å²) in [5.41, 5.74) is 0. The highest BCUT2D eigenvalue weighted by Crippen LogP contribution is 2.31. The maximum absolute atomic E-state index is 12.1. The monoisotopic (exact) mass is 364 g/mol. The Labute approximate surface area is 152 Å². The second-order valence-corrected chi connectivity index (χ2v) is 6.33. The van der Waals surface area contributed by atoms with Crippen LogP contribution in [0.4, 0.5) is 0 Å². The van der Waals surface area contributed by atoms with Crippen molar-refractivity contribution < 1.29 is 28.8 Å². The van der Waals surface area contributed by atoms with Crippen molar-refractivity contribution in [3.63, 3.8) is 0 Å². The van der Waals surface area contributed by atoms with Gasteiger partial charge in [0.2, 0.25) is 0 Å². The van der Waals surface area contributed by atoms with E-state index < -0.39 is 17.8 Å². The molecule has 8 heteroatoms. The molecule has 0 radical (unpaired) electrons. The van der Waals surface area contributed by atoms with Gasteiger partial charge >= 0.3 is 5.97 Å². The third-order valence-electron chi connectivity index (χ3n) is 4.71. The van der Waals surface area contributed by atoms with Crippen LogP contribution in [0.25, 0.3) is 0 Å². The lowest BCUT2D eigenvalue weighted by Gasteiger charge is -2.29. The van der Waals surface area contributed by atoms with Crippen LogP contribution < -0.4 is 0 Å². The fraction of sp³-hybridized carbons (Fsp3) is 0.611. The molecule has 8 nitrogen and oxygen atoms in total. The number of amides is 4. The molecular formula is C18H24N2O6. The first-order valence-electron chi connectivity index (χ1n) is 9.07. The lowest BCUT2D eigenvalue weighted by atomic mass is 9.82. The molecule has 0 unspecified atom stereocenters. The normalized spacial score (nSPS) is 25.5. The largest absolute Gasteiger partial charge is 0.336 e. The van der Waals surface area contributed by atoms with E-state index >= 15 is 0 Å². The first-order chi connectivity index (χ1) is 12.5. The van der Waals surface area contributed by atoms with Gasteiger partial charge in [0.15, 0.2) is 0 Å². The first-order valence-corrected chi connectivity index (χ1v) is 9.07. The average Bonchev–Trinajstić information content (AvgIpc) is 3.14. The number of hydroxylamine groups is 2. The zero-order valence-electron chi connectivity index (χ0n) is 15.1. The predicted octanol–water partition coefficient (Wildman–Crippen LogP) is 1.35. The molecule has 26 heavy (non-hydrogen) atoms. The first kappa shape index (κ1) is 19.8. The van der Waals surface area contributed by atoms with Crippen LogP contribution >= 0.6 is 0 Å². The Kier molecular flexibility index (Phi) is 6.65. The SMILES string of the molecule is CC.O=C(ON1C(=O)CCC1=O)C1CCC(CN2C(=O)C=CC2=O)CC1. The van der Waals surface area contributed by atoms with Crippen molar-refractivity contribution >= 4 is 29.6 Å². The van der Waals surface area contributed by atoms with Crippen molar-refractivity contribution in [3.05, 3.63) is 12.2 Å². The van der Waals surface area contributed by atoms with E-state index in [1.165, 1.54) is 17.1 Å². The number of nitrogens with zero attached hydrogens (tertiary/aromatic N) is 2. The van der Waals surface area contributed by atoms with Crippen molar-refractivity contribution in [2.45, 2.75) is 52.4 Å². The molecule has 0 bridgehead atoms. The molecule has 0 spiro atoms. The fourth-order valence-corrected chi connectivity index (χ4v) is 3.27. The summed E-state index contributed by atoms with van der Waals surface area (Å²) in [6.07, 6.45) is 5.12. The summed E-state index contributed by atoms with van der Waals surface area (Å²) in [6, 6.07) is 0. The van der Waals surface area contributed by atoms with Gasteiger partial charge in [-0.2, -0.15) is 0 Å². The van der Waals surface area contributed by atoms with Gasteiger partial charge in [0.05, 0.1) is 5.92 Å². The molecule has 0 N–H and O–H groups in total. The number of carbonyl (C=O) groups excluding carboxylic acids is 5. The summed E-state index contributed by atoms with van der Waals surface area (Å²) in [5.74, 6) is -2.35. The second kappa shape index (κ2) is 8.73. The molecule has 1 saturated heterocycles. The van der Waals surface area contributed by atoms with E-state index in [0.29, 0.717) is 37.3 Å². The van der Waals surface area contributed by atoms with Crippen molar-refractivity contribution in [2.75, 3.05) is 6.54 Å². The molecule has 0 aromatic heterocycles. The summed E-state index contributed by atoms with van der Waals surface area (Å²) in [6.45, 7) is 4.36. The van der Waals surface area contributed by atoms with E-state index in [0.717, 1.165) is 0 Å². The summed E-state index contributed by atoms with van der Waals surface area (Å²) in [5, 5.41) is 0.571. The van der Waals surface area contributed by atoms with Crippen molar-refractivity contribution in [3.8, 4) is 0 Å². The van der Waals surface area contributed by atoms with Gasteiger partial charge in [0.1, 0.15) is 0 Å². The highest BCUT2D eigenvalue weighted by Gasteiger charge is 2.36. The second-order valence-electron chi connectivity index (χ2n) is 6.33. The number of hydrogen-bond donors (Lipinski definition) is 0. The minimum absolute atomic E-state index is 0.0742. The molecule has 4 amide bonds. The molecule has 0 aromatic carbocycles. The van der Waals surface area contributed by atoms with Crippen LogP contribution in [-0.4, -0.2) is 46.1 Å². The Bertz CT molecular complexity index is 600. The maximum Gasteiger partial charge on any atom is 0.336 e. The van der Waals surface area contributed by atoms with Crippen LogP contribution in [0, 0.1) is 11.8 Å². The van der Waals surface area contributed by atoms with Crippen LogP contribution in [0.15, 0.2) is 12.2 Å². The van der Waals surface area contributed by atoms with Gasteiger partial charge in [-0.3, -0.25) is 24.1 Å². The van der Waals surface area contributed by atoms with E-state index in [-0.39, 0.29) is 36.5 Å². The van der Waals surface area contributed by atoms with Gasteiger partial charge in [-0.05, 0) is 31.6 Å². The van der Waals surface area contributed by atoms with Crippen LogP contribution in [0.1, 0.15) is 52.4 Å². The van der Waals surface area contributed by atoms with Gasteiger partial charge in [-0.15, -0.1) is 5.06 Å². The molecule has 2 aliphatic heterocycles. The Morgan fingerprint density at radius 1 is 0.962 bits per heavy atom. The Hall–Kier alpha value is -2.51.